The number of hydrogen-bond donors (Lipinski definition) is 2. The van der Waals surface area contributed by atoms with Crippen molar-refractivity contribution in [3.05, 3.63) is 0 Å². The molecule has 1 fully saturated rings. The third kappa shape index (κ3) is 5.04. The van der Waals surface area contributed by atoms with Crippen LogP contribution in [-0.4, -0.2) is 41.0 Å². The van der Waals surface area contributed by atoms with Gasteiger partial charge in [-0.05, 0) is 25.2 Å². The Hall–Kier alpha value is -1.10. The third-order valence-corrected chi connectivity index (χ3v) is 3.50. The molecule has 5 heteroatoms. The van der Waals surface area contributed by atoms with E-state index in [1.54, 1.807) is 0 Å². The highest BCUT2D eigenvalue weighted by molar-refractivity contribution is 5.77. The number of carbonyl (C=O) groups excluding carboxylic acids is 1. The van der Waals surface area contributed by atoms with Crippen molar-refractivity contribution in [1.82, 2.24) is 4.90 Å². The van der Waals surface area contributed by atoms with Gasteiger partial charge in [-0.1, -0.05) is 13.3 Å². The number of hydrogen-bond acceptors (Lipinski definition) is 3. The summed E-state index contributed by atoms with van der Waals surface area (Å²) in [5, 5.41) is 8.63. The first-order valence-electron chi connectivity index (χ1n) is 6.78. The summed E-state index contributed by atoms with van der Waals surface area (Å²) < 4.78 is 0. The van der Waals surface area contributed by atoms with E-state index in [1.165, 1.54) is 0 Å². The van der Waals surface area contributed by atoms with Crippen molar-refractivity contribution in [1.29, 1.82) is 0 Å². The summed E-state index contributed by atoms with van der Waals surface area (Å²) in [5.74, 6) is -0.300. The van der Waals surface area contributed by atoms with Gasteiger partial charge in [0, 0.05) is 32.0 Å². The predicted octanol–water partition coefficient (Wildman–Crippen LogP) is 1.22. The normalized spacial score (nSPS) is 21.0. The van der Waals surface area contributed by atoms with Gasteiger partial charge in [-0.3, -0.25) is 9.59 Å². The van der Waals surface area contributed by atoms with E-state index in [0.29, 0.717) is 25.3 Å². The Morgan fingerprint density at radius 3 is 2.83 bits per heavy atom. The van der Waals surface area contributed by atoms with Gasteiger partial charge in [-0.25, -0.2) is 0 Å². The summed E-state index contributed by atoms with van der Waals surface area (Å²) in [6.07, 6.45) is 4.07. The molecule has 1 aliphatic heterocycles. The van der Waals surface area contributed by atoms with Crippen LogP contribution >= 0.6 is 0 Å². The summed E-state index contributed by atoms with van der Waals surface area (Å²) in [5.41, 5.74) is 5.86. The van der Waals surface area contributed by atoms with E-state index >= 15 is 0 Å². The fourth-order valence-corrected chi connectivity index (χ4v) is 2.45. The Kier molecular flexibility index (Phi) is 6.12. The molecule has 0 bridgehead atoms. The van der Waals surface area contributed by atoms with E-state index in [4.69, 9.17) is 10.8 Å². The third-order valence-electron chi connectivity index (χ3n) is 3.50. The van der Waals surface area contributed by atoms with Gasteiger partial charge in [0.15, 0.2) is 0 Å². The number of carboxylic acid groups (broad SMARTS) is 1. The second kappa shape index (κ2) is 7.36. The van der Waals surface area contributed by atoms with E-state index in [2.05, 4.69) is 6.92 Å². The minimum absolute atomic E-state index is 0.0411. The maximum atomic E-state index is 11.9. The van der Waals surface area contributed by atoms with Crippen LogP contribution in [0.2, 0.25) is 0 Å². The van der Waals surface area contributed by atoms with Gasteiger partial charge in [0.1, 0.15) is 0 Å². The topological polar surface area (TPSA) is 83.6 Å². The molecule has 1 amide bonds. The SMILES string of the molecule is CCCC(N)CC(=O)N1CCC(CCC(=O)O)C1. The molecule has 1 rings (SSSR count). The van der Waals surface area contributed by atoms with Crippen LogP contribution in [0.1, 0.15) is 45.4 Å². The van der Waals surface area contributed by atoms with Crippen molar-refractivity contribution in [3.8, 4) is 0 Å². The molecule has 2 atom stereocenters. The molecule has 1 aliphatic rings. The van der Waals surface area contributed by atoms with E-state index < -0.39 is 5.97 Å². The average molecular weight is 256 g/mol. The van der Waals surface area contributed by atoms with Gasteiger partial charge in [-0.15, -0.1) is 0 Å². The van der Waals surface area contributed by atoms with Crippen LogP contribution in [0.4, 0.5) is 0 Å². The summed E-state index contributed by atoms with van der Waals surface area (Å²) in [4.78, 5) is 24.3. The second-order valence-corrected chi connectivity index (χ2v) is 5.18. The summed E-state index contributed by atoms with van der Waals surface area (Å²) in [7, 11) is 0. The van der Waals surface area contributed by atoms with Crippen LogP contribution in [0.15, 0.2) is 0 Å². The standard InChI is InChI=1S/C13H24N2O3/c1-2-3-11(14)8-12(16)15-7-6-10(9-15)4-5-13(17)18/h10-11H,2-9,14H2,1H3,(H,17,18). The quantitative estimate of drug-likeness (QED) is 0.717. The molecular weight excluding hydrogens is 232 g/mol. The number of nitrogens with two attached hydrogens (primary N) is 1. The fourth-order valence-electron chi connectivity index (χ4n) is 2.45. The first-order chi connectivity index (χ1) is 8.52. The van der Waals surface area contributed by atoms with Gasteiger partial charge >= 0.3 is 5.97 Å². The molecule has 1 heterocycles. The fraction of sp³-hybridized carbons (Fsp3) is 0.846. The van der Waals surface area contributed by atoms with Gasteiger partial charge in [0.2, 0.25) is 5.91 Å². The Morgan fingerprint density at radius 1 is 1.50 bits per heavy atom. The van der Waals surface area contributed by atoms with Gasteiger partial charge in [0.25, 0.3) is 0 Å². The molecule has 5 nitrogen and oxygen atoms in total. The van der Waals surface area contributed by atoms with E-state index in [0.717, 1.165) is 25.8 Å². The molecule has 18 heavy (non-hydrogen) atoms. The number of amides is 1. The van der Waals surface area contributed by atoms with Crippen LogP contribution in [0, 0.1) is 5.92 Å². The van der Waals surface area contributed by atoms with Crippen molar-refractivity contribution in [3.63, 3.8) is 0 Å². The highest BCUT2D eigenvalue weighted by atomic mass is 16.4. The molecule has 2 unspecified atom stereocenters. The Labute approximate surface area is 108 Å². The highest BCUT2D eigenvalue weighted by Crippen LogP contribution is 2.21. The largest absolute Gasteiger partial charge is 0.481 e. The van der Waals surface area contributed by atoms with Crippen LogP contribution in [0.25, 0.3) is 0 Å². The minimum Gasteiger partial charge on any atom is -0.481 e. The summed E-state index contributed by atoms with van der Waals surface area (Å²) in [6.45, 7) is 3.51. The van der Waals surface area contributed by atoms with Gasteiger partial charge < -0.3 is 15.7 Å². The second-order valence-electron chi connectivity index (χ2n) is 5.18. The predicted molar refractivity (Wildman–Crippen MR) is 69.1 cm³/mol. The van der Waals surface area contributed by atoms with Crippen molar-refractivity contribution in [2.24, 2.45) is 11.7 Å². The highest BCUT2D eigenvalue weighted by Gasteiger charge is 2.26. The number of likely N-dealkylation sites (tertiary alicyclic amines) is 1. The smallest absolute Gasteiger partial charge is 0.303 e. The van der Waals surface area contributed by atoms with Crippen LogP contribution in [0.3, 0.4) is 0 Å². The minimum atomic E-state index is -0.759. The number of carbonyl (C=O) groups is 2. The molecule has 104 valence electrons. The van der Waals surface area contributed by atoms with Crippen LogP contribution in [0.5, 0.6) is 0 Å². The zero-order valence-corrected chi connectivity index (χ0v) is 11.1. The van der Waals surface area contributed by atoms with Crippen LogP contribution < -0.4 is 5.73 Å². The molecular formula is C13H24N2O3. The number of aliphatic carboxylic acids is 1. The van der Waals surface area contributed by atoms with E-state index in [1.807, 2.05) is 4.90 Å². The Balaban J connectivity index is 2.28. The van der Waals surface area contributed by atoms with E-state index in [9.17, 15) is 9.59 Å². The average Bonchev–Trinajstić information content (AvgIpc) is 2.75. The molecule has 3 N–H and O–H groups in total. The monoisotopic (exact) mass is 256 g/mol. The van der Waals surface area contributed by atoms with Crippen molar-refractivity contribution in [2.45, 2.75) is 51.5 Å². The molecule has 0 aromatic carbocycles. The molecule has 0 radical (unpaired) electrons. The molecule has 0 saturated carbocycles. The number of nitrogens with zero attached hydrogens (tertiary/aromatic N) is 1. The van der Waals surface area contributed by atoms with Gasteiger partial charge in [-0.2, -0.15) is 0 Å². The molecule has 0 aromatic heterocycles. The lowest BCUT2D eigenvalue weighted by Crippen LogP contribution is -2.34. The van der Waals surface area contributed by atoms with Gasteiger partial charge in [0.05, 0.1) is 0 Å². The zero-order chi connectivity index (χ0) is 13.5. The van der Waals surface area contributed by atoms with Crippen molar-refractivity contribution >= 4 is 11.9 Å². The summed E-state index contributed by atoms with van der Waals surface area (Å²) in [6, 6.07) is -0.0411. The van der Waals surface area contributed by atoms with E-state index in [-0.39, 0.29) is 18.4 Å². The first kappa shape index (κ1) is 15.0. The van der Waals surface area contributed by atoms with Crippen molar-refractivity contribution < 1.29 is 14.7 Å². The first-order valence-corrected chi connectivity index (χ1v) is 6.78. The number of carboxylic acids is 1. The Morgan fingerprint density at radius 2 is 2.22 bits per heavy atom. The lowest BCUT2D eigenvalue weighted by atomic mass is 10.0. The number of rotatable bonds is 7. The maximum absolute atomic E-state index is 11.9. The van der Waals surface area contributed by atoms with Crippen molar-refractivity contribution in [2.75, 3.05) is 13.1 Å². The maximum Gasteiger partial charge on any atom is 0.303 e. The molecule has 0 spiro atoms. The zero-order valence-electron chi connectivity index (χ0n) is 11.1. The molecule has 0 aliphatic carbocycles. The molecule has 1 saturated heterocycles. The lowest BCUT2D eigenvalue weighted by molar-refractivity contribution is -0.137. The van der Waals surface area contributed by atoms with Crippen LogP contribution in [-0.2, 0) is 9.59 Å². The summed E-state index contributed by atoms with van der Waals surface area (Å²) >= 11 is 0. The lowest BCUT2D eigenvalue weighted by Gasteiger charge is -2.19. The Bertz CT molecular complexity index is 294. The molecule has 0 aromatic rings.